The molecule has 0 radical (unpaired) electrons. The molecule has 52 heavy (non-hydrogen) atoms. The number of aromatic nitrogens is 1. The first kappa shape index (κ1) is 38.8. The molecule has 1 heterocycles. The van der Waals surface area contributed by atoms with Crippen LogP contribution in [0.3, 0.4) is 0 Å². The van der Waals surface area contributed by atoms with E-state index in [9.17, 15) is 22.8 Å². The quantitative estimate of drug-likeness (QED) is 0.0837. The van der Waals surface area contributed by atoms with Crippen molar-refractivity contribution in [1.82, 2.24) is 9.88 Å². The fraction of sp³-hybridized carbons (Fsp3) is 0.390. The number of nitrogens with zero attached hydrogens (tertiary/aromatic N) is 2. The highest BCUT2D eigenvalue weighted by molar-refractivity contribution is 6.31. The van der Waals surface area contributed by atoms with Gasteiger partial charge in [0.15, 0.2) is 0 Å². The second kappa shape index (κ2) is 18.4. The van der Waals surface area contributed by atoms with Gasteiger partial charge in [0.25, 0.3) is 0 Å². The van der Waals surface area contributed by atoms with E-state index in [2.05, 4.69) is 4.90 Å². The highest BCUT2D eigenvalue weighted by atomic mass is 35.5. The third-order valence-electron chi connectivity index (χ3n) is 9.19. The largest absolute Gasteiger partial charge is 0.489 e. The molecule has 1 aromatic heterocycles. The minimum absolute atomic E-state index is 0.102. The Labute approximate surface area is 308 Å². The maximum Gasteiger partial charge on any atom is 0.416 e. The maximum atomic E-state index is 13.0. The van der Waals surface area contributed by atoms with Gasteiger partial charge >= 0.3 is 18.1 Å². The Bertz CT molecular complexity index is 1820. The van der Waals surface area contributed by atoms with Crippen molar-refractivity contribution < 1.29 is 37.0 Å². The molecule has 0 N–H and O–H groups in total. The molecule has 3 aromatic carbocycles. The average molecular weight is 737 g/mol. The van der Waals surface area contributed by atoms with Gasteiger partial charge in [-0.3, -0.25) is 9.69 Å². The van der Waals surface area contributed by atoms with Crippen LogP contribution in [0, 0.1) is 0 Å². The number of para-hydroxylation sites is 1. The Hall–Kier alpha value is -4.41. The predicted octanol–water partition coefficient (Wildman–Crippen LogP) is 9.83. The van der Waals surface area contributed by atoms with Gasteiger partial charge in [-0.05, 0) is 112 Å². The van der Waals surface area contributed by atoms with Crippen molar-refractivity contribution in [1.29, 1.82) is 0 Å². The van der Waals surface area contributed by atoms with Crippen LogP contribution in [0.15, 0.2) is 78.9 Å². The van der Waals surface area contributed by atoms with Gasteiger partial charge in [-0.1, -0.05) is 60.1 Å². The van der Waals surface area contributed by atoms with E-state index in [1.807, 2.05) is 42.5 Å². The molecule has 0 aliphatic heterocycles. The van der Waals surface area contributed by atoms with Crippen LogP contribution in [0.4, 0.5) is 13.2 Å². The third kappa shape index (κ3) is 10.3. The van der Waals surface area contributed by atoms with Crippen LogP contribution in [0.25, 0.3) is 11.1 Å². The van der Waals surface area contributed by atoms with Gasteiger partial charge < -0.3 is 14.2 Å². The minimum Gasteiger partial charge on any atom is -0.489 e. The molecule has 1 unspecified atom stereocenters. The summed E-state index contributed by atoms with van der Waals surface area (Å²) in [5.41, 5.74) is 4.78. The number of halogens is 4. The number of ether oxygens (including phenoxy) is 3. The van der Waals surface area contributed by atoms with Crippen molar-refractivity contribution in [2.45, 2.75) is 77.6 Å². The zero-order chi connectivity index (χ0) is 37.1. The van der Waals surface area contributed by atoms with Gasteiger partial charge in [0.1, 0.15) is 18.1 Å². The van der Waals surface area contributed by atoms with E-state index in [-0.39, 0.29) is 25.2 Å². The summed E-state index contributed by atoms with van der Waals surface area (Å²) in [7, 11) is 0. The summed E-state index contributed by atoms with van der Waals surface area (Å²) < 4.78 is 55.7. The standard InChI is InChI=1S/C41H44ClF3N2O5/c1-3-50-39(48)14-7-8-24-47(37-12-9-11-35-33(37)21-22-36(46-35)40(49)51-4-2)25-23-29-10-5-6-13-38(29)52-27-31-16-15-30(26-34(31)42)28-17-19-32(20-18-28)41(43,44)45/h5-6,10,13,15-22,26,37H,3-4,7-9,11-12,14,23-25,27H2,1-2H3. The monoisotopic (exact) mass is 736 g/mol. The number of rotatable bonds is 16. The SMILES string of the molecule is CCOC(=O)CCCCN(CCc1ccccc1OCc1ccc(-c2ccc(C(F)(F)F)cc2)cc1Cl)C1CCCc2nc(C(=O)OCC)ccc21. The molecule has 1 atom stereocenters. The lowest BCUT2D eigenvalue weighted by atomic mass is 9.89. The number of carbonyl (C=O) groups is 2. The summed E-state index contributed by atoms with van der Waals surface area (Å²) >= 11 is 6.63. The zero-order valence-corrected chi connectivity index (χ0v) is 30.3. The summed E-state index contributed by atoms with van der Waals surface area (Å²) in [6, 6.07) is 22.1. The van der Waals surface area contributed by atoms with Gasteiger partial charge in [0, 0.05) is 35.3 Å². The van der Waals surface area contributed by atoms with Crippen LogP contribution in [0.1, 0.15) is 90.4 Å². The molecule has 4 aromatic rings. The van der Waals surface area contributed by atoms with E-state index in [0.717, 1.165) is 79.0 Å². The summed E-state index contributed by atoms with van der Waals surface area (Å²) in [4.78, 5) is 31.6. The molecule has 0 amide bonds. The van der Waals surface area contributed by atoms with Crippen molar-refractivity contribution in [3.63, 3.8) is 0 Å². The molecule has 0 spiro atoms. The van der Waals surface area contributed by atoms with Crippen LogP contribution in [-0.4, -0.2) is 48.1 Å². The van der Waals surface area contributed by atoms with Crippen LogP contribution in [0.2, 0.25) is 5.02 Å². The summed E-state index contributed by atoms with van der Waals surface area (Å²) in [6.45, 7) is 5.95. The maximum absolute atomic E-state index is 13.0. The lowest BCUT2D eigenvalue weighted by Crippen LogP contribution is -2.34. The van der Waals surface area contributed by atoms with Crippen LogP contribution >= 0.6 is 11.6 Å². The molecule has 276 valence electrons. The van der Waals surface area contributed by atoms with E-state index in [4.69, 9.17) is 30.8 Å². The number of aryl methyl sites for hydroxylation is 1. The van der Waals surface area contributed by atoms with E-state index in [1.54, 1.807) is 26.0 Å². The molecule has 0 bridgehead atoms. The molecule has 7 nitrogen and oxygen atoms in total. The first-order valence-corrected chi connectivity index (χ1v) is 18.2. The highest BCUT2D eigenvalue weighted by Gasteiger charge is 2.30. The fourth-order valence-corrected chi connectivity index (χ4v) is 6.77. The number of esters is 2. The number of unbranched alkanes of at least 4 members (excludes halogenated alkanes) is 1. The van der Waals surface area contributed by atoms with Gasteiger partial charge in [0.2, 0.25) is 0 Å². The van der Waals surface area contributed by atoms with E-state index >= 15 is 0 Å². The molecule has 11 heteroatoms. The average Bonchev–Trinajstić information content (AvgIpc) is 3.14. The second-order valence-electron chi connectivity index (χ2n) is 12.7. The van der Waals surface area contributed by atoms with Crippen molar-refractivity contribution in [3.8, 4) is 16.9 Å². The number of hydrogen-bond donors (Lipinski definition) is 0. The normalized spacial score (nSPS) is 14.2. The number of hydrogen-bond acceptors (Lipinski definition) is 7. The summed E-state index contributed by atoms with van der Waals surface area (Å²) in [5.74, 6) is 0.127. The topological polar surface area (TPSA) is 78.0 Å². The van der Waals surface area contributed by atoms with Gasteiger partial charge in [-0.2, -0.15) is 13.2 Å². The van der Waals surface area contributed by atoms with Crippen LogP contribution < -0.4 is 4.74 Å². The van der Waals surface area contributed by atoms with E-state index in [1.165, 1.54) is 12.1 Å². The lowest BCUT2D eigenvalue weighted by Gasteiger charge is -2.36. The Kier molecular flexibility index (Phi) is 13.7. The minimum atomic E-state index is -4.40. The predicted molar refractivity (Wildman–Crippen MR) is 194 cm³/mol. The lowest BCUT2D eigenvalue weighted by molar-refractivity contribution is -0.143. The van der Waals surface area contributed by atoms with Crippen molar-refractivity contribution in [2.75, 3.05) is 26.3 Å². The van der Waals surface area contributed by atoms with Crippen molar-refractivity contribution in [2.24, 2.45) is 0 Å². The van der Waals surface area contributed by atoms with Crippen LogP contribution in [-0.2, 0) is 39.9 Å². The number of fused-ring (bicyclic) bond motifs is 1. The molecule has 5 rings (SSSR count). The molecule has 0 fully saturated rings. The first-order chi connectivity index (χ1) is 25.1. The number of benzene rings is 3. The Balaban J connectivity index is 1.28. The Morgan fingerprint density at radius 3 is 2.37 bits per heavy atom. The number of carbonyl (C=O) groups excluding carboxylic acids is 2. The van der Waals surface area contributed by atoms with Crippen LogP contribution in [0.5, 0.6) is 5.75 Å². The molecule has 1 aliphatic rings. The van der Waals surface area contributed by atoms with Gasteiger partial charge in [0.05, 0.1) is 18.8 Å². The summed E-state index contributed by atoms with van der Waals surface area (Å²) in [5, 5.41) is 0.458. The Morgan fingerprint density at radius 1 is 0.885 bits per heavy atom. The smallest absolute Gasteiger partial charge is 0.416 e. The fourth-order valence-electron chi connectivity index (χ4n) is 6.54. The molecule has 0 saturated heterocycles. The molecular formula is C41H44ClF3N2O5. The second-order valence-corrected chi connectivity index (χ2v) is 13.1. The molecule has 1 aliphatic carbocycles. The zero-order valence-electron chi connectivity index (χ0n) is 29.5. The van der Waals surface area contributed by atoms with E-state index < -0.39 is 17.7 Å². The van der Waals surface area contributed by atoms with Crippen molar-refractivity contribution >= 4 is 23.5 Å². The van der Waals surface area contributed by atoms with Gasteiger partial charge in [-0.15, -0.1) is 0 Å². The highest BCUT2D eigenvalue weighted by Crippen LogP contribution is 2.35. The number of alkyl halides is 3. The summed E-state index contributed by atoms with van der Waals surface area (Å²) in [6.07, 6.45) is 0.893. The van der Waals surface area contributed by atoms with Gasteiger partial charge in [-0.25, -0.2) is 9.78 Å². The van der Waals surface area contributed by atoms with Crippen molar-refractivity contribution in [3.05, 3.63) is 118 Å². The third-order valence-corrected chi connectivity index (χ3v) is 9.54. The molecule has 0 saturated carbocycles. The first-order valence-electron chi connectivity index (χ1n) is 17.8. The van der Waals surface area contributed by atoms with E-state index in [0.29, 0.717) is 47.7 Å². The Morgan fingerprint density at radius 2 is 1.63 bits per heavy atom. The number of pyridine rings is 1. The molecular weight excluding hydrogens is 693 g/mol.